The molecule has 0 spiro atoms. The van der Waals surface area contributed by atoms with E-state index in [0.29, 0.717) is 29.7 Å². The van der Waals surface area contributed by atoms with Gasteiger partial charge in [-0.25, -0.2) is 26.7 Å². The Hall–Kier alpha value is -2.64. The summed E-state index contributed by atoms with van der Waals surface area (Å²) >= 11 is 0. The van der Waals surface area contributed by atoms with Crippen molar-refractivity contribution in [1.29, 1.82) is 0 Å². The quantitative estimate of drug-likeness (QED) is 0.411. The lowest BCUT2D eigenvalue weighted by molar-refractivity contribution is -0.137. The van der Waals surface area contributed by atoms with Crippen LogP contribution in [0.1, 0.15) is 37.9 Å². The van der Waals surface area contributed by atoms with E-state index in [0.717, 1.165) is 4.90 Å². The standard InChI is InChI=1S/C23H26F6N4O2S/c1-22(2,3)11-33-10-16(20(21(25)26)32(4)12-36(30,34)35)15-6-5-13(7-18(15)33)19-17(23(27,28)29)8-14(24)9-31-19/h5-10,20-21H,11-12H2,1-4H3,(H2,30,34,35)/t20-/m0/s1. The molecule has 0 saturated carbocycles. The van der Waals surface area contributed by atoms with Crippen LogP contribution in [0.4, 0.5) is 26.3 Å². The zero-order chi connectivity index (χ0) is 27.2. The predicted octanol–water partition coefficient (Wildman–Crippen LogP) is 5.39. The number of hydrogen-bond acceptors (Lipinski definition) is 4. The van der Waals surface area contributed by atoms with Gasteiger partial charge in [-0.3, -0.25) is 9.88 Å². The average Bonchev–Trinajstić information content (AvgIpc) is 3.01. The highest BCUT2D eigenvalue weighted by atomic mass is 32.2. The Kier molecular flexibility index (Phi) is 7.51. The maximum atomic E-state index is 14.2. The number of hydrogen-bond donors (Lipinski definition) is 1. The third-order valence-corrected chi connectivity index (χ3v) is 6.17. The second-order valence-electron chi connectivity index (χ2n) is 9.88. The van der Waals surface area contributed by atoms with Gasteiger partial charge in [0.1, 0.15) is 11.7 Å². The SMILES string of the molecule is CN(CS(N)(=O)=O)[C@@H](c1cn(CC(C)(C)C)c2cc(-c3ncc(F)cc3C(F)(F)F)ccc12)C(F)F. The van der Waals surface area contributed by atoms with Crippen molar-refractivity contribution in [2.45, 2.75) is 46.0 Å². The largest absolute Gasteiger partial charge is 0.418 e. The fraction of sp³-hybridized carbons (Fsp3) is 0.435. The zero-order valence-corrected chi connectivity index (χ0v) is 20.8. The fourth-order valence-electron chi connectivity index (χ4n) is 4.16. The molecule has 0 saturated heterocycles. The average molecular weight is 537 g/mol. The molecule has 2 heterocycles. The lowest BCUT2D eigenvalue weighted by Crippen LogP contribution is -2.36. The number of nitrogens with zero attached hydrogens (tertiary/aromatic N) is 3. The summed E-state index contributed by atoms with van der Waals surface area (Å²) in [6, 6.07) is 2.73. The molecule has 0 fully saturated rings. The molecular formula is C23H26F6N4O2S. The third kappa shape index (κ3) is 6.37. The first kappa shape index (κ1) is 27.9. The van der Waals surface area contributed by atoms with E-state index in [1.807, 2.05) is 20.8 Å². The Bertz CT molecular complexity index is 1360. The molecule has 0 aliphatic heterocycles. The van der Waals surface area contributed by atoms with Crippen LogP contribution in [0.5, 0.6) is 0 Å². The minimum Gasteiger partial charge on any atom is -0.347 e. The number of benzene rings is 1. The number of sulfonamides is 1. The summed E-state index contributed by atoms with van der Waals surface area (Å²) < 4.78 is 107. The van der Waals surface area contributed by atoms with Crippen molar-refractivity contribution in [1.82, 2.24) is 14.5 Å². The number of nitrogens with two attached hydrogens (primary N) is 1. The Morgan fingerprint density at radius 3 is 2.31 bits per heavy atom. The zero-order valence-electron chi connectivity index (χ0n) is 19.9. The molecule has 1 atom stereocenters. The smallest absolute Gasteiger partial charge is 0.347 e. The molecule has 36 heavy (non-hydrogen) atoms. The number of alkyl halides is 5. The summed E-state index contributed by atoms with van der Waals surface area (Å²) in [6.07, 6.45) is -5.77. The topological polar surface area (TPSA) is 81.2 Å². The molecule has 13 heteroatoms. The van der Waals surface area contributed by atoms with E-state index in [4.69, 9.17) is 5.14 Å². The molecule has 0 amide bonds. The summed E-state index contributed by atoms with van der Waals surface area (Å²) in [5.74, 6) is -1.98. The van der Waals surface area contributed by atoms with Crippen molar-refractivity contribution >= 4 is 20.9 Å². The van der Waals surface area contributed by atoms with Crippen LogP contribution in [0, 0.1) is 11.2 Å². The van der Waals surface area contributed by atoms with E-state index < -0.39 is 51.6 Å². The Labute approximate surface area is 204 Å². The minimum atomic E-state index is -4.88. The fourth-order valence-corrected chi connectivity index (χ4v) is 4.89. The number of rotatable bonds is 7. The molecular weight excluding hydrogens is 510 g/mol. The van der Waals surface area contributed by atoms with Gasteiger partial charge in [0.25, 0.3) is 6.43 Å². The maximum Gasteiger partial charge on any atom is 0.418 e. The number of halogens is 6. The van der Waals surface area contributed by atoms with Crippen LogP contribution < -0.4 is 5.14 Å². The van der Waals surface area contributed by atoms with E-state index in [1.165, 1.54) is 31.4 Å². The summed E-state index contributed by atoms with van der Waals surface area (Å²) in [5, 5.41) is 5.35. The third-order valence-electron chi connectivity index (χ3n) is 5.41. The van der Waals surface area contributed by atoms with E-state index in [2.05, 4.69) is 4.98 Å². The molecule has 3 aromatic rings. The van der Waals surface area contributed by atoms with Gasteiger partial charge in [-0.05, 0) is 24.6 Å². The van der Waals surface area contributed by atoms with E-state index >= 15 is 0 Å². The van der Waals surface area contributed by atoms with Crippen LogP contribution in [0.15, 0.2) is 36.7 Å². The molecule has 0 aliphatic carbocycles. The number of pyridine rings is 1. The van der Waals surface area contributed by atoms with Crippen molar-refractivity contribution in [2.75, 3.05) is 12.9 Å². The molecule has 6 nitrogen and oxygen atoms in total. The first-order valence-corrected chi connectivity index (χ1v) is 12.4. The lowest BCUT2D eigenvalue weighted by atomic mass is 9.97. The summed E-state index contributed by atoms with van der Waals surface area (Å²) in [6.45, 7) is 5.99. The first-order chi connectivity index (χ1) is 16.4. The van der Waals surface area contributed by atoms with E-state index in [1.54, 1.807) is 4.57 Å². The molecule has 0 bridgehead atoms. The minimum absolute atomic E-state index is 0.0149. The monoisotopic (exact) mass is 536 g/mol. The van der Waals surface area contributed by atoms with Crippen LogP contribution in [-0.4, -0.2) is 42.2 Å². The molecule has 1 aromatic carbocycles. The van der Waals surface area contributed by atoms with Gasteiger partial charge in [0.2, 0.25) is 10.0 Å². The van der Waals surface area contributed by atoms with Gasteiger partial charge >= 0.3 is 6.18 Å². The van der Waals surface area contributed by atoms with Gasteiger partial charge in [-0.1, -0.05) is 32.9 Å². The van der Waals surface area contributed by atoms with Crippen molar-refractivity contribution in [2.24, 2.45) is 10.6 Å². The summed E-state index contributed by atoms with van der Waals surface area (Å²) in [5.41, 5.74) is -1.68. The van der Waals surface area contributed by atoms with Crippen LogP contribution in [0.2, 0.25) is 0 Å². The van der Waals surface area contributed by atoms with Crippen molar-refractivity contribution in [3.63, 3.8) is 0 Å². The Balaban J connectivity index is 2.27. The number of aromatic nitrogens is 2. The highest BCUT2D eigenvalue weighted by Gasteiger charge is 2.36. The molecule has 0 unspecified atom stereocenters. The van der Waals surface area contributed by atoms with Gasteiger partial charge < -0.3 is 4.57 Å². The second kappa shape index (κ2) is 9.67. The molecule has 3 rings (SSSR count). The van der Waals surface area contributed by atoms with Crippen molar-refractivity contribution < 1.29 is 34.8 Å². The van der Waals surface area contributed by atoms with Crippen LogP contribution >= 0.6 is 0 Å². The van der Waals surface area contributed by atoms with Gasteiger partial charge in [-0.15, -0.1) is 0 Å². The Morgan fingerprint density at radius 2 is 1.78 bits per heavy atom. The Morgan fingerprint density at radius 1 is 1.14 bits per heavy atom. The molecule has 198 valence electrons. The number of primary sulfonamides is 1. The van der Waals surface area contributed by atoms with E-state index in [9.17, 15) is 34.8 Å². The van der Waals surface area contributed by atoms with Crippen LogP contribution in [-0.2, 0) is 22.7 Å². The summed E-state index contributed by atoms with van der Waals surface area (Å²) in [4.78, 5) is 4.56. The molecule has 2 N–H and O–H groups in total. The molecule has 2 aromatic heterocycles. The van der Waals surface area contributed by atoms with Gasteiger partial charge in [0.15, 0.2) is 0 Å². The summed E-state index contributed by atoms with van der Waals surface area (Å²) in [7, 11) is -2.91. The van der Waals surface area contributed by atoms with Crippen molar-refractivity contribution in [3.8, 4) is 11.3 Å². The van der Waals surface area contributed by atoms with Gasteiger partial charge in [-0.2, -0.15) is 13.2 Å². The number of fused-ring (bicyclic) bond motifs is 1. The van der Waals surface area contributed by atoms with Crippen LogP contribution in [0.3, 0.4) is 0 Å². The normalized spacial score (nSPS) is 14.2. The molecule has 0 aliphatic rings. The second-order valence-corrected chi connectivity index (χ2v) is 11.5. The first-order valence-electron chi connectivity index (χ1n) is 10.7. The van der Waals surface area contributed by atoms with Crippen LogP contribution in [0.25, 0.3) is 22.2 Å². The van der Waals surface area contributed by atoms with E-state index in [-0.39, 0.29) is 16.5 Å². The lowest BCUT2D eigenvalue weighted by Gasteiger charge is -2.26. The highest BCUT2D eigenvalue weighted by Crippen LogP contribution is 2.40. The maximum absolute atomic E-state index is 14.2. The molecule has 0 radical (unpaired) electrons. The van der Waals surface area contributed by atoms with Crippen molar-refractivity contribution in [3.05, 3.63) is 53.6 Å². The predicted molar refractivity (Wildman–Crippen MR) is 124 cm³/mol. The van der Waals surface area contributed by atoms with Gasteiger partial charge in [0.05, 0.1) is 23.5 Å². The van der Waals surface area contributed by atoms with Gasteiger partial charge in [0, 0.05) is 34.8 Å². The highest BCUT2D eigenvalue weighted by molar-refractivity contribution is 7.89.